The quantitative estimate of drug-likeness (QED) is 0.916. The van der Waals surface area contributed by atoms with E-state index in [0.29, 0.717) is 30.6 Å². The molecule has 2 fully saturated rings. The first-order valence-corrected chi connectivity index (χ1v) is 9.70. The molecule has 0 radical (unpaired) electrons. The Morgan fingerprint density at radius 3 is 2.78 bits per heavy atom. The van der Waals surface area contributed by atoms with Crippen molar-refractivity contribution in [1.82, 2.24) is 5.32 Å². The van der Waals surface area contributed by atoms with Crippen LogP contribution in [0.3, 0.4) is 0 Å². The van der Waals surface area contributed by atoms with Gasteiger partial charge in [0.15, 0.2) is 0 Å². The number of amides is 1. The number of nitrogens with one attached hydrogen (secondary N) is 1. The number of hydrogen-bond donors (Lipinski definition) is 1. The Morgan fingerprint density at radius 1 is 1.15 bits per heavy atom. The zero-order valence-corrected chi connectivity index (χ0v) is 15.2. The van der Waals surface area contributed by atoms with Crippen LogP contribution in [-0.4, -0.2) is 19.1 Å². The number of benzene rings is 2. The van der Waals surface area contributed by atoms with Gasteiger partial charge in [-0.3, -0.25) is 4.79 Å². The van der Waals surface area contributed by atoms with Crippen molar-refractivity contribution < 1.29 is 9.53 Å². The summed E-state index contributed by atoms with van der Waals surface area (Å²) in [5.74, 6) is 1.07. The minimum Gasteiger partial charge on any atom is -0.381 e. The van der Waals surface area contributed by atoms with Crippen LogP contribution in [0.25, 0.3) is 0 Å². The van der Waals surface area contributed by atoms with Gasteiger partial charge in [0.2, 0.25) is 5.91 Å². The minimum absolute atomic E-state index is 0.0822. The standard InChI is InChI=1S/C23H22N2O2/c24-14-15-4-3-6-17(12-15)23(8-10-27-11-9-23)25-22(26)21-19-13-16-5-1-2-7-18(16)20(19)21/h1-7,12,19-21H,8-11,13H2,(H,25,26). The second kappa shape index (κ2) is 6.21. The Kier molecular flexibility index (Phi) is 3.80. The molecule has 2 aromatic carbocycles. The van der Waals surface area contributed by atoms with Gasteiger partial charge in [-0.2, -0.15) is 5.26 Å². The summed E-state index contributed by atoms with van der Waals surface area (Å²) in [6, 6.07) is 18.4. The van der Waals surface area contributed by atoms with Gasteiger partial charge in [0, 0.05) is 19.1 Å². The molecule has 1 saturated heterocycles. The second-order valence-electron chi connectivity index (χ2n) is 7.99. The zero-order chi connectivity index (χ0) is 18.4. The van der Waals surface area contributed by atoms with Gasteiger partial charge in [0.1, 0.15) is 0 Å². The van der Waals surface area contributed by atoms with Crippen molar-refractivity contribution in [2.75, 3.05) is 13.2 Å². The summed E-state index contributed by atoms with van der Waals surface area (Å²) in [5, 5.41) is 12.7. The number of fused-ring (bicyclic) bond motifs is 3. The molecule has 4 nitrogen and oxygen atoms in total. The van der Waals surface area contributed by atoms with Crippen molar-refractivity contribution >= 4 is 5.91 Å². The van der Waals surface area contributed by atoms with E-state index in [2.05, 4.69) is 35.7 Å². The molecule has 1 aliphatic heterocycles. The smallest absolute Gasteiger partial charge is 0.224 e. The van der Waals surface area contributed by atoms with E-state index in [0.717, 1.165) is 24.8 Å². The molecule has 4 heteroatoms. The topological polar surface area (TPSA) is 62.1 Å². The SMILES string of the molecule is N#Cc1cccc(C2(NC(=O)C3C4Cc5ccccc5C43)CCOCC2)c1. The van der Waals surface area contributed by atoms with Crippen molar-refractivity contribution in [3.05, 3.63) is 70.8 Å². The van der Waals surface area contributed by atoms with Gasteiger partial charge in [0.25, 0.3) is 0 Å². The van der Waals surface area contributed by atoms with Gasteiger partial charge in [-0.25, -0.2) is 0 Å². The first-order chi connectivity index (χ1) is 13.2. The van der Waals surface area contributed by atoms with Crippen molar-refractivity contribution in [2.24, 2.45) is 11.8 Å². The Balaban J connectivity index is 1.40. The number of rotatable bonds is 3. The van der Waals surface area contributed by atoms with Crippen LogP contribution in [0.5, 0.6) is 0 Å². The molecule has 1 amide bonds. The van der Waals surface area contributed by atoms with E-state index in [-0.39, 0.29) is 11.8 Å². The molecule has 1 N–H and O–H groups in total. The minimum atomic E-state index is -0.432. The number of carbonyl (C=O) groups is 1. The average molecular weight is 358 g/mol. The van der Waals surface area contributed by atoms with Crippen molar-refractivity contribution in [3.8, 4) is 6.07 Å². The van der Waals surface area contributed by atoms with E-state index in [4.69, 9.17) is 4.74 Å². The Hall–Kier alpha value is -2.64. The highest BCUT2D eigenvalue weighted by Crippen LogP contribution is 2.61. The lowest BCUT2D eigenvalue weighted by molar-refractivity contribution is -0.126. The fraction of sp³-hybridized carbons (Fsp3) is 0.391. The average Bonchev–Trinajstić information content (AvgIpc) is 3.31. The van der Waals surface area contributed by atoms with Crippen LogP contribution in [0.4, 0.5) is 0 Å². The fourth-order valence-electron chi connectivity index (χ4n) is 5.12. The predicted octanol–water partition coefficient (Wildman–Crippen LogP) is 3.27. The van der Waals surface area contributed by atoms with Crippen molar-refractivity contribution in [3.63, 3.8) is 0 Å². The number of hydrogen-bond acceptors (Lipinski definition) is 3. The van der Waals surface area contributed by atoms with Gasteiger partial charge in [-0.05, 0) is 59.9 Å². The summed E-state index contributed by atoms with van der Waals surface area (Å²) < 4.78 is 5.57. The molecule has 0 spiro atoms. The molecule has 2 aromatic rings. The van der Waals surface area contributed by atoms with Crippen molar-refractivity contribution in [2.45, 2.75) is 30.7 Å². The van der Waals surface area contributed by atoms with Crippen LogP contribution >= 0.6 is 0 Å². The van der Waals surface area contributed by atoms with E-state index in [1.54, 1.807) is 6.07 Å². The Labute approximate surface area is 159 Å². The fourth-order valence-corrected chi connectivity index (χ4v) is 5.12. The summed E-state index contributed by atoms with van der Waals surface area (Å²) in [7, 11) is 0. The van der Waals surface area contributed by atoms with Crippen LogP contribution in [0.1, 0.15) is 41.0 Å². The summed E-state index contributed by atoms with van der Waals surface area (Å²) in [5.41, 5.74) is 3.97. The van der Waals surface area contributed by atoms with E-state index in [9.17, 15) is 10.1 Å². The molecular weight excluding hydrogens is 336 g/mol. The first kappa shape index (κ1) is 16.5. The highest BCUT2D eigenvalue weighted by molar-refractivity contribution is 5.85. The normalized spacial score (nSPS) is 27.1. The number of nitriles is 1. The molecule has 1 saturated carbocycles. The maximum atomic E-state index is 13.2. The van der Waals surface area contributed by atoms with Crippen LogP contribution in [0.15, 0.2) is 48.5 Å². The summed E-state index contributed by atoms with van der Waals surface area (Å²) >= 11 is 0. The van der Waals surface area contributed by atoms with Gasteiger partial charge in [-0.15, -0.1) is 0 Å². The molecule has 27 heavy (non-hydrogen) atoms. The summed E-state index contributed by atoms with van der Waals surface area (Å²) in [6.45, 7) is 1.24. The van der Waals surface area contributed by atoms with E-state index < -0.39 is 5.54 Å². The molecule has 5 rings (SSSR count). The maximum Gasteiger partial charge on any atom is 0.224 e. The van der Waals surface area contributed by atoms with E-state index in [1.165, 1.54) is 11.1 Å². The van der Waals surface area contributed by atoms with Gasteiger partial charge >= 0.3 is 0 Å². The number of nitrogens with zero attached hydrogens (tertiary/aromatic N) is 1. The molecule has 136 valence electrons. The van der Waals surface area contributed by atoms with Crippen LogP contribution in [0.2, 0.25) is 0 Å². The van der Waals surface area contributed by atoms with Crippen LogP contribution in [-0.2, 0) is 21.5 Å². The molecular formula is C23H22N2O2. The predicted molar refractivity (Wildman–Crippen MR) is 101 cm³/mol. The highest BCUT2D eigenvalue weighted by atomic mass is 16.5. The number of ether oxygens (including phenoxy) is 1. The first-order valence-electron chi connectivity index (χ1n) is 9.70. The third-order valence-corrected chi connectivity index (χ3v) is 6.59. The largest absolute Gasteiger partial charge is 0.381 e. The van der Waals surface area contributed by atoms with Gasteiger partial charge in [-0.1, -0.05) is 36.4 Å². The third-order valence-electron chi connectivity index (χ3n) is 6.59. The second-order valence-corrected chi connectivity index (χ2v) is 7.99. The van der Waals surface area contributed by atoms with E-state index >= 15 is 0 Å². The molecule has 3 unspecified atom stereocenters. The molecule has 0 aromatic heterocycles. The third kappa shape index (κ3) is 2.65. The lowest BCUT2D eigenvalue weighted by Crippen LogP contribution is -2.50. The Bertz CT molecular complexity index is 939. The van der Waals surface area contributed by atoms with Gasteiger partial charge in [0.05, 0.1) is 17.2 Å². The van der Waals surface area contributed by atoms with Crippen LogP contribution < -0.4 is 5.32 Å². The van der Waals surface area contributed by atoms with Crippen LogP contribution in [0, 0.1) is 23.2 Å². The lowest BCUT2D eigenvalue weighted by atomic mass is 9.81. The van der Waals surface area contributed by atoms with Gasteiger partial charge < -0.3 is 10.1 Å². The summed E-state index contributed by atoms with van der Waals surface area (Å²) in [6.07, 6.45) is 2.50. The maximum absolute atomic E-state index is 13.2. The zero-order valence-electron chi connectivity index (χ0n) is 15.2. The Morgan fingerprint density at radius 2 is 1.96 bits per heavy atom. The molecule has 3 atom stereocenters. The molecule has 3 aliphatic rings. The number of carbonyl (C=O) groups excluding carboxylic acids is 1. The summed E-state index contributed by atoms with van der Waals surface area (Å²) in [4.78, 5) is 13.2. The van der Waals surface area contributed by atoms with Crippen molar-refractivity contribution in [1.29, 1.82) is 5.26 Å². The monoisotopic (exact) mass is 358 g/mol. The molecule has 0 bridgehead atoms. The van der Waals surface area contributed by atoms with E-state index in [1.807, 2.05) is 18.2 Å². The lowest BCUT2D eigenvalue weighted by Gasteiger charge is -2.39. The molecule has 1 heterocycles. The molecule has 2 aliphatic carbocycles. The highest BCUT2D eigenvalue weighted by Gasteiger charge is 2.60.